The van der Waals surface area contributed by atoms with E-state index in [9.17, 15) is 14.9 Å². The Labute approximate surface area is 193 Å². The van der Waals surface area contributed by atoms with Crippen molar-refractivity contribution in [3.8, 4) is 11.8 Å². The van der Waals surface area contributed by atoms with Crippen LogP contribution in [-0.2, 0) is 16.2 Å². The van der Waals surface area contributed by atoms with Crippen LogP contribution in [0.3, 0.4) is 0 Å². The van der Waals surface area contributed by atoms with Gasteiger partial charge in [0.05, 0.1) is 16.5 Å². The number of ether oxygens (including phenoxy) is 1. The Morgan fingerprint density at radius 3 is 2.69 bits per heavy atom. The summed E-state index contributed by atoms with van der Waals surface area (Å²) in [6, 6.07) is 20.9. The van der Waals surface area contributed by atoms with Crippen LogP contribution in [0.2, 0.25) is 0 Å². The zero-order valence-electron chi connectivity index (χ0n) is 16.6. The van der Waals surface area contributed by atoms with Crippen molar-refractivity contribution in [2.45, 2.75) is 6.61 Å². The number of carboxylic acid groups (broad SMARTS) is 1. The first-order valence-corrected chi connectivity index (χ1v) is 10.8. The molecular formula is C24H16N2O4S2. The zero-order valence-corrected chi connectivity index (χ0v) is 18.3. The van der Waals surface area contributed by atoms with E-state index in [1.54, 1.807) is 12.1 Å². The minimum absolute atomic E-state index is 0.240. The molecule has 3 aromatic carbocycles. The van der Waals surface area contributed by atoms with E-state index in [4.69, 9.17) is 22.1 Å². The maximum Gasteiger partial charge on any atom is 0.323 e. The van der Waals surface area contributed by atoms with Crippen molar-refractivity contribution in [1.82, 2.24) is 4.90 Å². The summed E-state index contributed by atoms with van der Waals surface area (Å²) >= 11 is 6.23. The quantitative estimate of drug-likeness (QED) is 0.425. The minimum atomic E-state index is -1.11. The van der Waals surface area contributed by atoms with Gasteiger partial charge >= 0.3 is 5.97 Å². The molecular weight excluding hydrogens is 444 g/mol. The van der Waals surface area contributed by atoms with Gasteiger partial charge in [0.15, 0.2) is 0 Å². The van der Waals surface area contributed by atoms with Gasteiger partial charge in [0, 0.05) is 5.56 Å². The Kier molecular flexibility index (Phi) is 6.21. The summed E-state index contributed by atoms with van der Waals surface area (Å²) in [4.78, 5) is 24.9. The molecule has 1 amide bonds. The average molecular weight is 461 g/mol. The first-order valence-electron chi connectivity index (χ1n) is 9.56. The van der Waals surface area contributed by atoms with E-state index in [-0.39, 0.29) is 4.32 Å². The van der Waals surface area contributed by atoms with Crippen LogP contribution in [0.1, 0.15) is 16.7 Å². The second-order valence-electron chi connectivity index (χ2n) is 6.99. The number of carbonyl (C=O) groups excluding carboxylic acids is 1. The van der Waals surface area contributed by atoms with Gasteiger partial charge < -0.3 is 9.84 Å². The molecule has 158 valence electrons. The molecule has 0 spiro atoms. The molecule has 0 bridgehead atoms. The normalized spacial score (nSPS) is 14.7. The average Bonchev–Trinajstić information content (AvgIpc) is 3.04. The Morgan fingerprint density at radius 1 is 1.16 bits per heavy atom. The Bertz CT molecular complexity index is 1330. The first kappa shape index (κ1) is 21.6. The smallest absolute Gasteiger partial charge is 0.323 e. The van der Waals surface area contributed by atoms with E-state index in [1.165, 1.54) is 0 Å². The maximum atomic E-state index is 12.4. The number of fused-ring (bicyclic) bond motifs is 1. The van der Waals surface area contributed by atoms with Crippen molar-refractivity contribution < 1.29 is 19.4 Å². The van der Waals surface area contributed by atoms with E-state index < -0.39 is 18.4 Å². The molecule has 1 fully saturated rings. The second-order valence-corrected chi connectivity index (χ2v) is 8.66. The topological polar surface area (TPSA) is 90.6 Å². The molecule has 0 radical (unpaired) electrons. The number of benzene rings is 3. The van der Waals surface area contributed by atoms with Gasteiger partial charge in [0.25, 0.3) is 5.91 Å². The van der Waals surface area contributed by atoms with Crippen LogP contribution in [0.15, 0.2) is 65.6 Å². The van der Waals surface area contributed by atoms with Crippen molar-refractivity contribution in [1.29, 1.82) is 5.26 Å². The maximum absolute atomic E-state index is 12.4. The van der Waals surface area contributed by atoms with Crippen molar-refractivity contribution in [3.05, 3.63) is 82.3 Å². The lowest BCUT2D eigenvalue weighted by molar-refractivity contribution is -0.140. The summed E-state index contributed by atoms with van der Waals surface area (Å²) in [5, 5.41) is 20.1. The number of rotatable bonds is 6. The summed E-state index contributed by atoms with van der Waals surface area (Å²) in [7, 11) is 0. The van der Waals surface area contributed by atoms with Crippen LogP contribution in [-0.4, -0.2) is 32.7 Å². The third kappa shape index (κ3) is 4.64. The van der Waals surface area contributed by atoms with Gasteiger partial charge in [-0.15, -0.1) is 0 Å². The number of thioether (sulfide) groups is 1. The first-order chi connectivity index (χ1) is 15.4. The molecule has 1 aliphatic heterocycles. The number of nitrogens with zero attached hydrogens (tertiary/aromatic N) is 2. The van der Waals surface area contributed by atoms with Gasteiger partial charge in [-0.1, -0.05) is 60.4 Å². The van der Waals surface area contributed by atoms with Crippen molar-refractivity contribution in [2.75, 3.05) is 6.54 Å². The van der Waals surface area contributed by atoms with Crippen molar-refractivity contribution in [2.24, 2.45) is 0 Å². The number of amides is 1. The van der Waals surface area contributed by atoms with Crippen LogP contribution in [0.25, 0.3) is 16.8 Å². The Balaban J connectivity index is 1.51. The highest BCUT2D eigenvalue weighted by Crippen LogP contribution is 2.33. The minimum Gasteiger partial charge on any atom is -0.489 e. The fourth-order valence-electron chi connectivity index (χ4n) is 3.26. The van der Waals surface area contributed by atoms with E-state index in [0.717, 1.165) is 38.6 Å². The number of thiocarbonyl (C=S) groups is 1. The van der Waals surface area contributed by atoms with Gasteiger partial charge in [0.1, 0.15) is 23.2 Å². The lowest BCUT2D eigenvalue weighted by Crippen LogP contribution is -2.33. The third-order valence-electron chi connectivity index (χ3n) is 4.83. The van der Waals surface area contributed by atoms with Crippen molar-refractivity contribution >= 4 is 57.0 Å². The van der Waals surface area contributed by atoms with Gasteiger partial charge in [-0.3, -0.25) is 14.5 Å². The third-order valence-corrected chi connectivity index (χ3v) is 6.21. The van der Waals surface area contributed by atoms with E-state index >= 15 is 0 Å². The summed E-state index contributed by atoms with van der Waals surface area (Å²) in [6.07, 6.45) is 1.71. The zero-order chi connectivity index (χ0) is 22.7. The molecule has 8 heteroatoms. The standard InChI is InChI=1S/C24H16N2O4S2/c25-12-18-3-1-2-4-19(18)14-30-20-8-7-16-9-15(5-6-17(16)11-20)10-21-23(29)26(13-22(27)28)24(31)32-21/h1-11H,13-14H2,(H,27,28)/b21-10-. The molecule has 1 heterocycles. The van der Waals surface area contributed by atoms with E-state index in [2.05, 4.69) is 6.07 Å². The Morgan fingerprint density at radius 2 is 1.91 bits per heavy atom. The predicted molar refractivity (Wildman–Crippen MR) is 127 cm³/mol. The van der Waals surface area contributed by atoms with Crippen LogP contribution in [0, 0.1) is 11.3 Å². The highest BCUT2D eigenvalue weighted by atomic mass is 32.2. The molecule has 0 saturated carbocycles. The van der Waals surface area contributed by atoms with Gasteiger partial charge in [0.2, 0.25) is 0 Å². The van der Waals surface area contributed by atoms with Gasteiger partial charge in [-0.05, 0) is 46.7 Å². The number of aliphatic carboxylic acids is 1. The molecule has 0 atom stereocenters. The molecule has 0 unspecified atom stereocenters. The highest BCUT2D eigenvalue weighted by Gasteiger charge is 2.33. The number of nitriles is 1. The van der Waals surface area contributed by atoms with Gasteiger partial charge in [-0.25, -0.2) is 0 Å². The molecule has 3 aromatic rings. The fraction of sp³-hybridized carbons (Fsp3) is 0.0833. The lowest BCUT2D eigenvalue weighted by Gasteiger charge is -2.10. The molecule has 32 heavy (non-hydrogen) atoms. The fourth-order valence-corrected chi connectivity index (χ4v) is 4.52. The summed E-state index contributed by atoms with van der Waals surface area (Å²) < 4.78 is 6.11. The SMILES string of the molecule is N#Cc1ccccc1COc1ccc2cc(/C=C3\SC(=S)N(CC(=O)O)C3=O)ccc2c1. The molecule has 6 nitrogen and oxygen atoms in total. The van der Waals surface area contributed by atoms with Gasteiger partial charge in [-0.2, -0.15) is 5.26 Å². The number of carbonyl (C=O) groups is 2. The van der Waals surface area contributed by atoms with Crippen molar-refractivity contribution in [3.63, 3.8) is 0 Å². The largest absolute Gasteiger partial charge is 0.489 e. The van der Waals surface area contributed by atoms with E-state index in [1.807, 2.05) is 54.6 Å². The van der Waals surface area contributed by atoms with Crippen LogP contribution in [0.4, 0.5) is 0 Å². The number of hydrogen-bond acceptors (Lipinski definition) is 6. The summed E-state index contributed by atoms with van der Waals surface area (Å²) in [5.41, 5.74) is 2.22. The molecule has 4 rings (SSSR count). The lowest BCUT2D eigenvalue weighted by atomic mass is 10.1. The van der Waals surface area contributed by atoms with E-state index in [0.29, 0.717) is 22.8 Å². The van der Waals surface area contributed by atoms with Crippen LogP contribution < -0.4 is 4.74 Å². The predicted octanol–water partition coefficient (Wildman–Crippen LogP) is 4.58. The summed E-state index contributed by atoms with van der Waals surface area (Å²) in [6.45, 7) is -0.146. The molecule has 1 aliphatic rings. The molecule has 0 aromatic heterocycles. The highest BCUT2D eigenvalue weighted by molar-refractivity contribution is 8.26. The van der Waals surface area contributed by atoms with Crippen LogP contribution >= 0.6 is 24.0 Å². The second kappa shape index (κ2) is 9.22. The molecule has 1 N–H and O–H groups in total. The summed E-state index contributed by atoms with van der Waals surface area (Å²) in [5.74, 6) is -0.821. The number of hydrogen-bond donors (Lipinski definition) is 1. The monoisotopic (exact) mass is 460 g/mol. The number of carboxylic acids is 1. The molecule has 1 saturated heterocycles. The molecule has 0 aliphatic carbocycles. The Hall–Kier alpha value is -3.67. The van der Waals surface area contributed by atoms with Crippen LogP contribution in [0.5, 0.6) is 5.75 Å².